The molecule has 3 nitrogen and oxygen atoms in total. The lowest BCUT2D eigenvalue weighted by Crippen LogP contribution is -3.15. The molecule has 11 heteroatoms. The SMILES string of the molecule is CC(C)(C)[Si]1(C(C)(C)C)[Si](C)(C)[Si](C(C)(C)C)(C(C)(C)C)[Si]1(OS(=O)(=O)C(F)(F)F)c1ccccc1. The van der Waals surface area contributed by atoms with Crippen LogP contribution in [-0.2, 0) is 14.0 Å². The van der Waals surface area contributed by atoms with Crippen LogP contribution in [0.2, 0.25) is 33.2 Å². The van der Waals surface area contributed by atoms with Crippen LogP contribution in [-0.4, -0.2) is 42.6 Å². The van der Waals surface area contributed by atoms with Crippen LogP contribution < -0.4 is 5.19 Å². The van der Waals surface area contributed by atoms with Crippen LogP contribution in [0.4, 0.5) is 13.2 Å². The van der Waals surface area contributed by atoms with Crippen molar-refractivity contribution in [3.8, 4) is 0 Å². The van der Waals surface area contributed by atoms with Gasteiger partial charge < -0.3 is 3.87 Å². The molecule has 1 aliphatic heterocycles. The summed E-state index contributed by atoms with van der Waals surface area (Å²) in [6.45, 7) is 30.6. The van der Waals surface area contributed by atoms with Crippen molar-refractivity contribution in [1.29, 1.82) is 0 Å². The zero-order valence-electron chi connectivity index (χ0n) is 24.7. The monoisotopic (exact) mass is 596 g/mol. The highest BCUT2D eigenvalue weighted by Gasteiger charge is 2.98. The Morgan fingerprint density at radius 2 is 0.944 bits per heavy atom. The summed E-state index contributed by atoms with van der Waals surface area (Å²) in [5.41, 5.74) is -5.48. The highest BCUT2D eigenvalue weighted by molar-refractivity contribution is 8.17. The summed E-state index contributed by atoms with van der Waals surface area (Å²) < 4.78 is 75.6. The van der Waals surface area contributed by atoms with Crippen molar-refractivity contribution >= 4 is 44.0 Å². The van der Waals surface area contributed by atoms with Gasteiger partial charge in [0.25, 0.3) is 0 Å². The van der Waals surface area contributed by atoms with E-state index in [0.29, 0.717) is 0 Å². The predicted molar refractivity (Wildman–Crippen MR) is 156 cm³/mol. The van der Waals surface area contributed by atoms with E-state index < -0.39 is 44.3 Å². The molecule has 0 aliphatic carbocycles. The second-order valence-electron chi connectivity index (χ2n) is 15.2. The molecule has 1 fully saturated rings. The van der Waals surface area contributed by atoms with Gasteiger partial charge in [0.2, 0.25) is 7.35 Å². The third-order valence-electron chi connectivity index (χ3n) is 9.13. The van der Waals surface area contributed by atoms with Crippen LogP contribution in [0.5, 0.6) is 0 Å². The summed E-state index contributed by atoms with van der Waals surface area (Å²) in [6.07, 6.45) is 0. The smallest absolute Gasteiger partial charge is 0.310 e. The zero-order valence-corrected chi connectivity index (χ0v) is 29.5. The zero-order chi connectivity index (χ0) is 28.8. The maximum absolute atomic E-state index is 14.3. The van der Waals surface area contributed by atoms with E-state index in [-0.39, 0.29) is 20.2 Å². The van der Waals surface area contributed by atoms with Crippen molar-refractivity contribution in [2.24, 2.45) is 0 Å². The molecule has 2 rings (SSSR count). The maximum atomic E-state index is 14.3. The molecule has 0 N–H and O–H groups in total. The van der Waals surface area contributed by atoms with Gasteiger partial charge in [0.05, 0.1) is 14.2 Å². The van der Waals surface area contributed by atoms with E-state index in [1.54, 1.807) is 0 Å². The van der Waals surface area contributed by atoms with Gasteiger partial charge in [-0.05, 0) is 25.3 Å². The lowest BCUT2D eigenvalue weighted by Gasteiger charge is -2.87. The summed E-state index contributed by atoms with van der Waals surface area (Å²) in [5, 5.41) is -0.763. The highest BCUT2D eigenvalue weighted by Crippen LogP contribution is 2.78. The molecule has 1 aromatic rings. The molecule has 1 heterocycles. The first-order valence-electron chi connectivity index (χ1n) is 12.6. The Kier molecular flexibility index (Phi) is 7.46. The standard InChI is InChI=1S/C25H47F3O3SSi4/c1-21(2,3)35(22(4,5)6)33(13,14)36(23(7,8)9,24(10,11)12)34(35,20-18-16-15-17-19-20)31-32(29,30)25(26,27)28/h15-19H,1-14H3. The lowest BCUT2D eigenvalue weighted by atomic mass is 10.2. The van der Waals surface area contributed by atoms with Crippen LogP contribution in [0.15, 0.2) is 30.3 Å². The normalized spacial score (nSPS) is 22.1. The molecule has 0 radical (unpaired) electrons. The van der Waals surface area contributed by atoms with E-state index in [2.05, 4.69) is 96.2 Å². The maximum Gasteiger partial charge on any atom is 0.522 e. The fourth-order valence-corrected chi connectivity index (χ4v) is 179. The fourth-order valence-electron chi connectivity index (χ4n) is 11.0. The first kappa shape index (κ1) is 32.0. The van der Waals surface area contributed by atoms with Crippen molar-refractivity contribution in [3.05, 3.63) is 30.3 Å². The Bertz CT molecular complexity index is 1020. The first-order valence-corrected chi connectivity index (χ1v) is 27.0. The molecule has 0 amide bonds. The van der Waals surface area contributed by atoms with E-state index in [1.807, 2.05) is 30.3 Å². The van der Waals surface area contributed by atoms with Crippen LogP contribution in [0.3, 0.4) is 0 Å². The third-order valence-corrected chi connectivity index (χ3v) is 106. The average Bonchev–Trinajstić information content (AvgIpc) is 2.55. The van der Waals surface area contributed by atoms with Crippen molar-refractivity contribution < 1.29 is 25.5 Å². The van der Waals surface area contributed by atoms with Gasteiger partial charge in [-0.15, -0.1) is 0 Å². The highest BCUT2D eigenvalue weighted by atomic mass is 32.2. The molecule has 0 unspecified atom stereocenters. The molecule has 0 atom stereocenters. The molecule has 0 spiro atoms. The van der Waals surface area contributed by atoms with Gasteiger partial charge in [-0.3, -0.25) is 0 Å². The Morgan fingerprint density at radius 3 is 1.19 bits per heavy atom. The van der Waals surface area contributed by atoms with Crippen LogP contribution in [0, 0.1) is 0 Å². The van der Waals surface area contributed by atoms with Crippen molar-refractivity contribution in [3.63, 3.8) is 0 Å². The summed E-state index contributed by atoms with van der Waals surface area (Å²) >= 11 is 0. The molecule has 208 valence electrons. The van der Waals surface area contributed by atoms with E-state index >= 15 is 0 Å². The minimum Gasteiger partial charge on any atom is -0.310 e. The first-order chi connectivity index (χ1) is 15.6. The molecule has 0 bridgehead atoms. The summed E-state index contributed by atoms with van der Waals surface area (Å²) in [4.78, 5) is 0. The minimum absolute atomic E-state index is 0.378. The van der Waals surface area contributed by atoms with E-state index in [1.165, 1.54) is 0 Å². The van der Waals surface area contributed by atoms with Gasteiger partial charge >= 0.3 is 15.6 Å². The van der Waals surface area contributed by atoms with E-state index in [0.717, 1.165) is 5.19 Å². The number of benzene rings is 1. The number of hydrogen-bond acceptors (Lipinski definition) is 3. The summed E-state index contributed by atoms with van der Waals surface area (Å²) in [7, 11) is -18.2. The van der Waals surface area contributed by atoms with Gasteiger partial charge in [0.15, 0.2) is 0 Å². The predicted octanol–water partition coefficient (Wildman–Crippen LogP) is 7.84. The summed E-state index contributed by atoms with van der Waals surface area (Å²) in [6, 6.07) is 9.31. The molecule has 1 aliphatic rings. The van der Waals surface area contributed by atoms with Crippen molar-refractivity contribution in [2.45, 2.75) is 122 Å². The molecule has 36 heavy (non-hydrogen) atoms. The Hall–Kier alpha value is -0.212. The molecule has 1 saturated heterocycles. The van der Waals surface area contributed by atoms with Crippen LogP contribution >= 0.6 is 0 Å². The van der Waals surface area contributed by atoms with Gasteiger partial charge in [-0.2, -0.15) is 21.6 Å². The number of hydrogen-bond donors (Lipinski definition) is 0. The van der Waals surface area contributed by atoms with Crippen molar-refractivity contribution in [1.82, 2.24) is 0 Å². The second-order valence-corrected chi connectivity index (χ2v) is 58.1. The van der Waals surface area contributed by atoms with E-state index in [9.17, 15) is 21.6 Å². The Morgan fingerprint density at radius 1 is 0.639 bits per heavy atom. The van der Waals surface area contributed by atoms with Crippen LogP contribution in [0.1, 0.15) is 83.1 Å². The molecular formula is C25H47F3O3SSi4. The summed E-state index contributed by atoms with van der Waals surface area (Å²) in [5.74, 6) is 0. The third kappa shape index (κ3) is 3.58. The number of halogens is 3. The fraction of sp³-hybridized carbons (Fsp3) is 0.760. The van der Waals surface area contributed by atoms with Crippen molar-refractivity contribution in [2.75, 3.05) is 0 Å². The largest absolute Gasteiger partial charge is 0.522 e. The van der Waals surface area contributed by atoms with Gasteiger partial charge in [-0.25, -0.2) is 0 Å². The van der Waals surface area contributed by atoms with Crippen LogP contribution in [0.25, 0.3) is 0 Å². The van der Waals surface area contributed by atoms with Gasteiger partial charge in [0.1, 0.15) is 0 Å². The Balaban J connectivity index is 3.49. The Labute approximate surface area is 221 Å². The number of rotatable bonds is 3. The molecular weight excluding hydrogens is 550 g/mol. The minimum atomic E-state index is -5.84. The quantitative estimate of drug-likeness (QED) is 0.264. The number of alkyl halides is 3. The van der Waals surface area contributed by atoms with Gasteiger partial charge in [-0.1, -0.05) is 127 Å². The van der Waals surface area contributed by atoms with Gasteiger partial charge in [0, 0.05) is 7.11 Å². The topological polar surface area (TPSA) is 43.4 Å². The average molecular weight is 597 g/mol. The lowest BCUT2D eigenvalue weighted by molar-refractivity contribution is -0.0501. The molecule has 1 aromatic carbocycles. The van der Waals surface area contributed by atoms with E-state index in [4.69, 9.17) is 3.87 Å². The molecule has 0 aromatic heterocycles. The molecule has 0 saturated carbocycles. The second kappa shape index (κ2) is 8.39.